The van der Waals surface area contributed by atoms with E-state index in [1.165, 1.54) is 31.4 Å². The Kier molecular flexibility index (Phi) is 5.44. The van der Waals surface area contributed by atoms with Crippen molar-refractivity contribution in [2.45, 2.75) is 45.2 Å². The Bertz CT molecular complexity index is 441. The molecular formula is C17H23NO. The van der Waals surface area contributed by atoms with Gasteiger partial charge in [0.25, 0.3) is 0 Å². The molecule has 1 atom stereocenters. The molecule has 1 heterocycles. The van der Waals surface area contributed by atoms with Crippen molar-refractivity contribution in [2.75, 3.05) is 13.2 Å². The van der Waals surface area contributed by atoms with E-state index in [0.717, 1.165) is 18.2 Å². The van der Waals surface area contributed by atoms with E-state index in [0.29, 0.717) is 6.42 Å². The number of nitrogens with zero attached hydrogens (tertiary/aromatic N) is 1. The maximum absolute atomic E-state index is 8.69. The molecule has 0 radical (unpaired) electrons. The highest BCUT2D eigenvalue weighted by molar-refractivity contribution is 5.36. The third kappa shape index (κ3) is 4.09. The Labute approximate surface area is 116 Å². The summed E-state index contributed by atoms with van der Waals surface area (Å²) in [5, 5.41) is 8.69. The molecule has 2 nitrogen and oxygen atoms in total. The lowest BCUT2D eigenvalue weighted by Crippen LogP contribution is -2.28. The van der Waals surface area contributed by atoms with Crippen LogP contribution in [0.5, 0.6) is 0 Å². The van der Waals surface area contributed by atoms with Crippen LogP contribution in [0.2, 0.25) is 0 Å². The Morgan fingerprint density at radius 2 is 2.11 bits per heavy atom. The van der Waals surface area contributed by atoms with Gasteiger partial charge in [-0.2, -0.15) is 0 Å². The van der Waals surface area contributed by atoms with E-state index < -0.39 is 0 Å². The van der Waals surface area contributed by atoms with E-state index in [-0.39, 0.29) is 6.61 Å². The summed E-state index contributed by atoms with van der Waals surface area (Å²) in [4.78, 5) is 2.59. The average Bonchev–Trinajstić information content (AvgIpc) is 2.88. The summed E-state index contributed by atoms with van der Waals surface area (Å²) in [5.74, 6) is 6.01. The van der Waals surface area contributed by atoms with Gasteiger partial charge in [-0.1, -0.05) is 30.9 Å². The van der Waals surface area contributed by atoms with Gasteiger partial charge in [0.2, 0.25) is 0 Å². The number of hydrogen-bond acceptors (Lipinski definition) is 2. The first-order valence-electron chi connectivity index (χ1n) is 7.26. The monoisotopic (exact) mass is 257 g/mol. The highest BCUT2D eigenvalue weighted by Crippen LogP contribution is 2.22. The Hall–Kier alpha value is -1.30. The zero-order chi connectivity index (χ0) is 13.5. The number of benzene rings is 1. The van der Waals surface area contributed by atoms with Crippen LogP contribution in [0.4, 0.5) is 0 Å². The lowest BCUT2D eigenvalue weighted by atomic mass is 10.1. The molecule has 1 saturated heterocycles. The maximum Gasteiger partial charge on any atom is 0.0540 e. The van der Waals surface area contributed by atoms with Gasteiger partial charge in [-0.05, 0) is 43.5 Å². The molecule has 1 aromatic rings. The van der Waals surface area contributed by atoms with Gasteiger partial charge in [-0.25, -0.2) is 0 Å². The van der Waals surface area contributed by atoms with Crippen LogP contribution in [0.15, 0.2) is 24.3 Å². The highest BCUT2D eigenvalue weighted by Gasteiger charge is 2.22. The number of likely N-dealkylation sites (tertiary alicyclic amines) is 1. The fourth-order valence-electron chi connectivity index (χ4n) is 2.71. The smallest absolute Gasteiger partial charge is 0.0540 e. The Balaban J connectivity index is 1.93. The van der Waals surface area contributed by atoms with Gasteiger partial charge in [0.05, 0.1) is 6.61 Å². The Morgan fingerprint density at radius 1 is 1.32 bits per heavy atom. The summed E-state index contributed by atoms with van der Waals surface area (Å²) in [6.45, 7) is 4.71. The summed E-state index contributed by atoms with van der Waals surface area (Å²) >= 11 is 0. The normalized spacial score (nSPS) is 19.2. The predicted molar refractivity (Wildman–Crippen MR) is 78.7 cm³/mol. The molecule has 0 bridgehead atoms. The van der Waals surface area contributed by atoms with Crippen molar-refractivity contribution in [3.8, 4) is 11.8 Å². The number of aliphatic hydroxyl groups is 1. The minimum absolute atomic E-state index is 0.137. The second kappa shape index (κ2) is 7.33. The fraction of sp³-hybridized carbons (Fsp3) is 0.529. The van der Waals surface area contributed by atoms with Crippen LogP contribution >= 0.6 is 0 Å². The van der Waals surface area contributed by atoms with Crippen LogP contribution in [-0.2, 0) is 6.54 Å². The van der Waals surface area contributed by atoms with Gasteiger partial charge in [-0.3, -0.25) is 4.90 Å². The van der Waals surface area contributed by atoms with E-state index in [9.17, 15) is 0 Å². The molecule has 1 aliphatic rings. The standard InChI is InChI=1S/C17H23NO/c1-2-17-7-5-12-18(17)14-16-10-8-15(9-11-16)6-3-4-13-19/h8-11,17,19H,2,4-5,7,12-14H2,1H3. The van der Waals surface area contributed by atoms with Crippen molar-refractivity contribution in [2.24, 2.45) is 0 Å². The maximum atomic E-state index is 8.69. The molecule has 1 aliphatic heterocycles. The largest absolute Gasteiger partial charge is 0.395 e. The van der Waals surface area contributed by atoms with Crippen molar-refractivity contribution in [1.29, 1.82) is 0 Å². The van der Waals surface area contributed by atoms with E-state index >= 15 is 0 Å². The van der Waals surface area contributed by atoms with Crippen molar-refractivity contribution in [3.63, 3.8) is 0 Å². The van der Waals surface area contributed by atoms with Crippen molar-refractivity contribution in [3.05, 3.63) is 35.4 Å². The molecule has 2 heteroatoms. The summed E-state index contributed by atoms with van der Waals surface area (Å²) in [5.41, 5.74) is 2.40. The van der Waals surface area contributed by atoms with Crippen LogP contribution in [0.25, 0.3) is 0 Å². The molecule has 2 rings (SSSR count). The third-order valence-corrected chi connectivity index (χ3v) is 3.78. The molecular weight excluding hydrogens is 234 g/mol. The Morgan fingerprint density at radius 3 is 2.79 bits per heavy atom. The molecule has 0 aromatic heterocycles. The summed E-state index contributed by atoms with van der Waals surface area (Å²) < 4.78 is 0. The van der Waals surface area contributed by atoms with Gasteiger partial charge in [-0.15, -0.1) is 0 Å². The minimum atomic E-state index is 0.137. The molecule has 0 aliphatic carbocycles. The summed E-state index contributed by atoms with van der Waals surface area (Å²) in [6, 6.07) is 9.28. The van der Waals surface area contributed by atoms with Crippen LogP contribution in [0.1, 0.15) is 43.7 Å². The van der Waals surface area contributed by atoms with E-state index in [1.807, 2.05) is 0 Å². The lowest BCUT2D eigenvalue weighted by Gasteiger charge is -2.23. The highest BCUT2D eigenvalue weighted by atomic mass is 16.2. The number of aliphatic hydroxyl groups excluding tert-OH is 1. The van der Waals surface area contributed by atoms with E-state index in [1.54, 1.807) is 0 Å². The average molecular weight is 257 g/mol. The van der Waals surface area contributed by atoms with Gasteiger partial charge in [0, 0.05) is 24.6 Å². The number of rotatable bonds is 4. The molecule has 1 unspecified atom stereocenters. The first-order chi connectivity index (χ1) is 9.33. The SMILES string of the molecule is CCC1CCCN1Cc1ccc(C#CCCO)cc1. The lowest BCUT2D eigenvalue weighted by molar-refractivity contribution is 0.240. The van der Waals surface area contributed by atoms with Crippen molar-refractivity contribution < 1.29 is 5.11 Å². The third-order valence-electron chi connectivity index (χ3n) is 3.78. The molecule has 19 heavy (non-hydrogen) atoms. The van der Waals surface area contributed by atoms with Gasteiger partial charge in [0.15, 0.2) is 0 Å². The first-order valence-corrected chi connectivity index (χ1v) is 7.26. The molecule has 0 spiro atoms. The van der Waals surface area contributed by atoms with Crippen LogP contribution in [0.3, 0.4) is 0 Å². The molecule has 1 aromatic carbocycles. The topological polar surface area (TPSA) is 23.5 Å². The molecule has 0 saturated carbocycles. The molecule has 1 fully saturated rings. The quantitative estimate of drug-likeness (QED) is 0.838. The van der Waals surface area contributed by atoms with Crippen LogP contribution < -0.4 is 0 Å². The summed E-state index contributed by atoms with van der Waals surface area (Å²) in [7, 11) is 0. The first kappa shape index (κ1) is 14.1. The van der Waals surface area contributed by atoms with Crippen molar-refractivity contribution >= 4 is 0 Å². The minimum Gasteiger partial charge on any atom is -0.395 e. The fourth-order valence-corrected chi connectivity index (χ4v) is 2.71. The predicted octanol–water partition coefficient (Wildman–Crippen LogP) is 2.79. The zero-order valence-electron chi connectivity index (χ0n) is 11.7. The molecule has 0 amide bonds. The van der Waals surface area contributed by atoms with Gasteiger partial charge < -0.3 is 5.11 Å². The second-order valence-electron chi connectivity index (χ2n) is 5.15. The van der Waals surface area contributed by atoms with Gasteiger partial charge in [0.1, 0.15) is 0 Å². The molecule has 1 N–H and O–H groups in total. The second-order valence-corrected chi connectivity index (χ2v) is 5.15. The van der Waals surface area contributed by atoms with Crippen LogP contribution in [-0.4, -0.2) is 29.2 Å². The molecule has 102 valence electrons. The zero-order valence-corrected chi connectivity index (χ0v) is 11.7. The van der Waals surface area contributed by atoms with Crippen LogP contribution in [0, 0.1) is 11.8 Å². The number of hydrogen-bond donors (Lipinski definition) is 1. The van der Waals surface area contributed by atoms with E-state index in [2.05, 4.69) is 47.9 Å². The van der Waals surface area contributed by atoms with Gasteiger partial charge >= 0.3 is 0 Å². The van der Waals surface area contributed by atoms with E-state index in [4.69, 9.17) is 5.11 Å². The summed E-state index contributed by atoms with van der Waals surface area (Å²) in [6.07, 6.45) is 4.49. The van der Waals surface area contributed by atoms with Crippen molar-refractivity contribution in [1.82, 2.24) is 4.90 Å².